The lowest BCUT2D eigenvalue weighted by Gasteiger charge is -2.23. The zero-order chi connectivity index (χ0) is 11.1. The smallest absolute Gasteiger partial charge is 0.205 e. The van der Waals surface area contributed by atoms with E-state index in [1.807, 2.05) is 0 Å². The molecule has 1 aliphatic carbocycles. The van der Waals surface area contributed by atoms with Crippen LogP contribution in [0.25, 0.3) is 0 Å². The van der Waals surface area contributed by atoms with Crippen LogP contribution in [0, 0.1) is 5.41 Å². The highest BCUT2D eigenvalue weighted by molar-refractivity contribution is 4.96. The van der Waals surface area contributed by atoms with E-state index in [1.165, 1.54) is 17.9 Å². The Labute approximate surface area is 89.8 Å². The molecule has 15 heavy (non-hydrogen) atoms. The largest absolute Gasteiger partial charge is 0.367 e. The number of aliphatic hydroxyl groups is 2. The molecule has 3 atom stereocenters. The van der Waals surface area contributed by atoms with Gasteiger partial charge in [0.25, 0.3) is 0 Å². The average Bonchev–Trinajstić information content (AvgIpc) is 3.03. The summed E-state index contributed by atoms with van der Waals surface area (Å²) in [6.45, 7) is 2.16. The summed E-state index contributed by atoms with van der Waals surface area (Å²) in [6, 6.07) is -0.367. The Bertz CT molecular complexity index is 231. The Kier molecular flexibility index (Phi) is 3.00. The first-order valence-electron chi connectivity index (χ1n) is 5.65. The van der Waals surface area contributed by atoms with Crippen LogP contribution in [0.1, 0.15) is 39.0 Å². The van der Waals surface area contributed by atoms with Crippen molar-refractivity contribution in [2.45, 2.75) is 57.7 Å². The predicted octanol–water partition coefficient (Wildman–Crippen LogP) is 0.126. The van der Waals surface area contributed by atoms with Gasteiger partial charge in [-0.05, 0) is 31.1 Å². The van der Waals surface area contributed by atoms with Crippen molar-refractivity contribution in [3.8, 4) is 0 Å². The van der Waals surface area contributed by atoms with Crippen LogP contribution < -0.4 is 5.73 Å². The fourth-order valence-corrected chi connectivity index (χ4v) is 2.40. The molecule has 1 heterocycles. The Morgan fingerprint density at radius 3 is 2.47 bits per heavy atom. The Morgan fingerprint density at radius 1 is 1.53 bits per heavy atom. The topological polar surface area (TPSA) is 82.0 Å². The second-order valence-corrected chi connectivity index (χ2v) is 4.79. The maximum absolute atomic E-state index is 9.28. The van der Waals surface area contributed by atoms with Crippen molar-refractivity contribution in [2.24, 2.45) is 11.1 Å². The highest BCUT2D eigenvalue weighted by Gasteiger charge is 2.50. The molecule has 0 aromatic carbocycles. The van der Waals surface area contributed by atoms with E-state index >= 15 is 0 Å². The van der Waals surface area contributed by atoms with E-state index < -0.39 is 12.6 Å². The van der Waals surface area contributed by atoms with Gasteiger partial charge in [-0.25, -0.2) is 0 Å². The second-order valence-electron chi connectivity index (χ2n) is 4.79. The van der Waals surface area contributed by atoms with Crippen molar-refractivity contribution in [3.05, 3.63) is 0 Å². The van der Waals surface area contributed by atoms with Crippen molar-refractivity contribution >= 4 is 0 Å². The lowest BCUT2D eigenvalue weighted by atomic mass is 9.92. The summed E-state index contributed by atoms with van der Waals surface area (Å²) >= 11 is 0. The third-order valence-corrected chi connectivity index (χ3v) is 3.49. The van der Waals surface area contributed by atoms with Crippen molar-refractivity contribution in [2.75, 3.05) is 0 Å². The van der Waals surface area contributed by atoms with Gasteiger partial charge in [-0.2, -0.15) is 0 Å². The van der Waals surface area contributed by atoms with E-state index in [9.17, 15) is 10.2 Å². The first kappa shape index (κ1) is 11.3. The lowest BCUT2D eigenvalue weighted by molar-refractivity contribution is -0.110. The SMILES string of the molecule is CCCC1(CC(C(O)O)N2OC2N)CC1. The molecular weight excluding hydrogens is 196 g/mol. The number of nitrogens with two attached hydrogens (primary N) is 1. The lowest BCUT2D eigenvalue weighted by Crippen LogP contribution is -2.37. The monoisotopic (exact) mass is 216 g/mol. The normalized spacial score (nSPS) is 34.2. The maximum Gasteiger partial charge on any atom is 0.205 e. The van der Waals surface area contributed by atoms with Gasteiger partial charge in [0.1, 0.15) is 0 Å². The number of aliphatic hydroxyl groups excluding tert-OH is 1. The Balaban J connectivity index is 1.89. The molecule has 1 saturated carbocycles. The summed E-state index contributed by atoms with van der Waals surface area (Å²) in [7, 11) is 0. The number of hydroxylamine groups is 2. The van der Waals surface area contributed by atoms with Gasteiger partial charge in [0.15, 0.2) is 6.29 Å². The Morgan fingerprint density at radius 2 is 2.13 bits per heavy atom. The van der Waals surface area contributed by atoms with E-state index in [4.69, 9.17) is 10.6 Å². The van der Waals surface area contributed by atoms with Crippen LogP contribution in [0.15, 0.2) is 0 Å². The molecule has 2 rings (SSSR count). The fourth-order valence-electron chi connectivity index (χ4n) is 2.40. The molecule has 0 aromatic rings. The molecule has 0 spiro atoms. The predicted molar refractivity (Wildman–Crippen MR) is 54.1 cm³/mol. The quantitative estimate of drug-likeness (QED) is 0.434. The van der Waals surface area contributed by atoms with Gasteiger partial charge < -0.3 is 10.2 Å². The molecule has 2 aliphatic rings. The van der Waals surface area contributed by atoms with E-state index in [-0.39, 0.29) is 6.04 Å². The standard InChI is InChI=1S/C10H20N2O3/c1-2-3-10(4-5-10)6-7(8(13)14)12-9(11)15-12/h7-9,13-14H,2-6,11H2,1H3. The zero-order valence-electron chi connectivity index (χ0n) is 9.09. The van der Waals surface area contributed by atoms with Gasteiger partial charge in [0.05, 0.1) is 6.04 Å². The average molecular weight is 216 g/mol. The van der Waals surface area contributed by atoms with Crippen LogP contribution in [-0.4, -0.2) is 34.0 Å². The maximum atomic E-state index is 9.28. The van der Waals surface area contributed by atoms with Crippen LogP contribution in [0.4, 0.5) is 0 Å². The number of rotatable bonds is 6. The molecule has 1 aliphatic heterocycles. The summed E-state index contributed by atoms with van der Waals surface area (Å²) in [5.41, 5.74) is 5.81. The molecule has 0 radical (unpaired) electrons. The van der Waals surface area contributed by atoms with Gasteiger partial charge in [0.2, 0.25) is 6.35 Å². The molecule has 3 unspecified atom stereocenters. The van der Waals surface area contributed by atoms with Crippen molar-refractivity contribution in [1.29, 1.82) is 0 Å². The summed E-state index contributed by atoms with van der Waals surface area (Å²) in [5.74, 6) is 0. The van der Waals surface area contributed by atoms with Gasteiger partial charge in [0, 0.05) is 0 Å². The van der Waals surface area contributed by atoms with E-state index in [2.05, 4.69) is 6.92 Å². The molecule has 1 saturated heterocycles. The van der Waals surface area contributed by atoms with Gasteiger partial charge in [-0.3, -0.25) is 10.6 Å². The minimum absolute atomic E-state index is 0.314. The fraction of sp³-hybridized carbons (Fsp3) is 1.00. The molecule has 2 fully saturated rings. The third-order valence-electron chi connectivity index (χ3n) is 3.49. The minimum atomic E-state index is -1.37. The molecule has 4 N–H and O–H groups in total. The highest BCUT2D eigenvalue weighted by atomic mass is 16.9. The summed E-state index contributed by atoms with van der Waals surface area (Å²) in [6.07, 6.45) is 3.62. The van der Waals surface area contributed by atoms with E-state index in [0.29, 0.717) is 5.41 Å². The first-order valence-corrected chi connectivity index (χ1v) is 5.65. The number of hydrogen-bond acceptors (Lipinski definition) is 5. The van der Waals surface area contributed by atoms with Gasteiger partial charge in [-0.1, -0.05) is 13.3 Å². The number of nitrogens with zero attached hydrogens (tertiary/aromatic N) is 1. The molecule has 0 bridgehead atoms. The molecule has 0 aromatic heterocycles. The molecule has 88 valence electrons. The van der Waals surface area contributed by atoms with Crippen LogP contribution in [-0.2, 0) is 4.84 Å². The van der Waals surface area contributed by atoms with Crippen molar-refractivity contribution in [1.82, 2.24) is 5.06 Å². The zero-order valence-corrected chi connectivity index (χ0v) is 9.09. The van der Waals surface area contributed by atoms with Crippen LogP contribution in [0.5, 0.6) is 0 Å². The van der Waals surface area contributed by atoms with Crippen molar-refractivity contribution in [3.63, 3.8) is 0 Å². The summed E-state index contributed by atoms with van der Waals surface area (Å²) in [4.78, 5) is 4.98. The third kappa shape index (κ3) is 2.49. The van der Waals surface area contributed by atoms with E-state index in [0.717, 1.165) is 19.3 Å². The highest BCUT2D eigenvalue weighted by Crippen LogP contribution is 2.54. The molecule has 5 heteroatoms. The minimum Gasteiger partial charge on any atom is -0.367 e. The van der Waals surface area contributed by atoms with Gasteiger partial charge in [-0.15, -0.1) is 5.06 Å². The number of hydrogen-bond donors (Lipinski definition) is 3. The van der Waals surface area contributed by atoms with Crippen LogP contribution in [0.2, 0.25) is 0 Å². The molecule has 0 amide bonds. The van der Waals surface area contributed by atoms with Crippen LogP contribution >= 0.6 is 0 Å². The first-order chi connectivity index (χ1) is 7.08. The summed E-state index contributed by atoms with van der Waals surface area (Å²) < 4.78 is 0. The molecular formula is C10H20N2O3. The van der Waals surface area contributed by atoms with E-state index in [1.54, 1.807) is 0 Å². The second kappa shape index (κ2) is 3.99. The Hall–Kier alpha value is -0.200. The van der Waals surface area contributed by atoms with Crippen LogP contribution in [0.3, 0.4) is 0 Å². The summed E-state index contributed by atoms with van der Waals surface area (Å²) in [5, 5.41) is 20.0. The van der Waals surface area contributed by atoms with Crippen molar-refractivity contribution < 1.29 is 15.1 Å². The van der Waals surface area contributed by atoms with Gasteiger partial charge >= 0.3 is 0 Å². The molecule has 5 nitrogen and oxygen atoms in total.